The lowest BCUT2D eigenvalue weighted by atomic mass is 10.1. The monoisotopic (exact) mass is 374 g/mol. The number of nitrogens with one attached hydrogen (secondary N) is 1. The van der Waals surface area contributed by atoms with Gasteiger partial charge in [-0.05, 0) is 59.3 Å². The van der Waals surface area contributed by atoms with Crippen molar-refractivity contribution in [3.8, 4) is 0 Å². The summed E-state index contributed by atoms with van der Waals surface area (Å²) in [5.41, 5.74) is 2.44. The van der Waals surface area contributed by atoms with Crippen LogP contribution in [-0.4, -0.2) is 4.98 Å². The summed E-state index contributed by atoms with van der Waals surface area (Å²) < 4.78 is 1.26. The van der Waals surface area contributed by atoms with Crippen molar-refractivity contribution in [2.45, 2.75) is 13.0 Å². The highest BCUT2D eigenvalue weighted by molar-refractivity contribution is 14.1. The van der Waals surface area contributed by atoms with Gasteiger partial charge in [0.05, 0.1) is 0 Å². The molecule has 0 radical (unpaired) electrons. The molecule has 1 N–H and O–H groups in total. The average molecular weight is 374 g/mol. The second-order valence-electron chi connectivity index (χ2n) is 4.82. The van der Waals surface area contributed by atoms with E-state index in [1.54, 1.807) is 0 Å². The predicted octanol–water partition coefficient (Wildman–Crippen LogP) is 5.01. The van der Waals surface area contributed by atoms with Gasteiger partial charge in [-0.15, -0.1) is 0 Å². The fourth-order valence-corrected chi connectivity index (χ4v) is 2.68. The zero-order valence-electron chi connectivity index (χ0n) is 11.2. The largest absolute Gasteiger partial charge is 0.378 e. The van der Waals surface area contributed by atoms with Gasteiger partial charge in [-0.2, -0.15) is 0 Å². The quantitative estimate of drug-likeness (QED) is 0.652. The van der Waals surface area contributed by atoms with Gasteiger partial charge in [0.1, 0.15) is 0 Å². The number of pyridine rings is 1. The molecular formula is C17H15IN2. The van der Waals surface area contributed by atoms with Crippen LogP contribution in [0.25, 0.3) is 10.8 Å². The van der Waals surface area contributed by atoms with E-state index in [9.17, 15) is 0 Å². The number of aromatic nitrogens is 1. The first-order chi connectivity index (χ1) is 9.74. The maximum absolute atomic E-state index is 4.17. The molecule has 3 rings (SSSR count). The van der Waals surface area contributed by atoms with Crippen LogP contribution < -0.4 is 5.32 Å². The molecule has 0 aliphatic rings. The third-order valence-corrected chi connectivity index (χ3v) is 4.14. The predicted molar refractivity (Wildman–Crippen MR) is 92.9 cm³/mol. The van der Waals surface area contributed by atoms with Crippen LogP contribution in [0, 0.1) is 3.57 Å². The maximum atomic E-state index is 4.17. The normalized spacial score (nSPS) is 12.3. The minimum atomic E-state index is 0.269. The van der Waals surface area contributed by atoms with Crippen LogP contribution in [0.15, 0.2) is 60.9 Å². The Kier molecular flexibility index (Phi) is 3.87. The van der Waals surface area contributed by atoms with E-state index < -0.39 is 0 Å². The van der Waals surface area contributed by atoms with Crippen LogP contribution in [0.1, 0.15) is 18.5 Å². The van der Waals surface area contributed by atoms with E-state index in [0.29, 0.717) is 0 Å². The van der Waals surface area contributed by atoms with Crippen molar-refractivity contribution in [1.82, 2.24) is 4.98 Å². The number of fused-ring (bicyclic) bond motifs is 1. The van der Waals surface area contributed by atoms with Gasteiger partial charge < -0.3 is 5.32 Å². The molecule has 1 atom stereocenters. The van der Waals surface area contributed by atoms with Gasteiger partial charge in [-0.25, -0.2) is 0 Å². The molecule has 0 fully saturated rings. The summed E-state index contributed by atoms with van der Waals surface area (Å²) in [5, 5.41) is 5.96. The molecule has 1 aromatic heterocycles. The van der Waals surface area contributed by atoms with Crippen molar-refractivity contribution in [3.63, 3.8) is 0 Å². The van der Waals surface area contributed by atoms with Crippen molar-refractivity contribution >= 4 is 39.1 Å². The minimum Gasteiger partial charge on any atom is -0.378 e. The Labute approximate surface area is 132 Å². The standard InChI is InChI=1S/C17H15IN2/c1-12(13-5-7-15(18)8-6-13)20-17-4-2-3-14-11-19-10-9-16(14)17/h2-12,20H,1H3. The number of anilines is 1. The van der Waals surface area contributed by atoms with Crippen molar-refractivity contribution < 1.29 is 0 Å². The molecule has 0 saturated carbocycles. The lowest BCUT2D eigenvalue weighted by Gasteiger charge is -2.17. The molecule has 100 valence electrons. The molecular weight excluding hydrogens is 359 g/mol. The first-order valence-electron chi connectivity index (χ1n) is 6.59. The van der Waals surface area contributed by atoms with Crippen LogP contribution in [-0.2, 0) is 0 Å². The summed E-state index contributed by atoms with van der Waals surface area (Å²) in [7, 11) is 0. The van der Waals surface area contributed by atoms with Crippen LogP contribution in [0.5, 0.6) is 0 Å². The SMILES string of the molecule is CC(Nc1cccc2cnccc12)c1ccc(I)cc1. The van der Waals surface area contributed by atoms with E-state index in [4.69, 9.17) is 0 Å². The Hall–Kier alpha value is -1.62. The Morgan fingerprint density at radius 1 is 1.05 bits per heavy atom. The first kappa shape index (κ1) is 13.4. The van der Waals surface area contributed by atoms with Crippen LogP contribution >= 0.6 is 22.6 Å². The number of hydrogen-bond acceptors (Lipinski definition) is 2. The lowest BCUT2D eigenvalue weighted by molar-refractivity contribution is 0.886. The number of halogens is 1. The molecule has 1 unspecified atom stereocenters. The number of rotatable bonds is 3. The van der Waals surface area contributed by atoms with Crippen molar-refractivity contribution in [2.75, 3.05) is 5.32 Å². The molecule has 3 heteroatoms. The zero-order valence-corrected chi connectivity index (χ0v) is 13.3. The molecule has 0 aliphatic carbocycles. The van der Waals surface area contributed by atoms with Gasteiger partial charge in [-0.3, -0.25) is 4.98 Å². The van der Waals surface area contributed by atoms with Crippen molar-refractivity contribution in [1.29, 1.82) is 0 Å². The fraction of sp³-hybridized carbons (Fsp3) is 0.118. The highest BCUT2D eigenvalue weighted by Crippen LogP contribution is 2.26. The average Bonchev–Trinajstić information content (AvgIpc) is 2.48. The summed E-state index contributed by atoms with van der Waals surface area (Å²) in [6, 6.07) is 17.2. The van der Waals surface area contributed by atoms with Crippen molar-refractivity contribution in [3.05, 3.63) is 70.1 Å². The molecule has 2 aromatic carbocycles. The molecule has 0 amide bonds. The Bertz CT molecular complexity index is 717. The van der Waals surface area contributed by atoms with Crippen LogP contribution in [0.4, 0.5) is 5.69 Å². The van der Waals surface area contributed by atoms with Gasteiger partial charge in [0.15, 0.2) is 0 Å². The van der Waals surface area contributed by atoms with E-state index in [1.807, 2.05) is 12.4 Å². The van der Waals surface area contributed by atoms with Gasteiger partial charge >= 0.3 is 0 Å². The summed E-state index contributed by atoms with van der Waals surface area (Å²) in [6.07, 6.45) is 3.74. The minimum absolute atomic E-state index is 0.269. The molecule has 0 bridgehead atoms. The first-order valence-corrected chi connectivity index (χ1v) is 7.66. The van der Waals surface area contributed by atoms with E-state index in [0.717, 1.165) is 11.1 Å². The van der Waals surface area contributed by atoms with E-state index >= 15 is 0 Å². The van der Waals surface area contributed by atoms with Gasteiger partial charge in [0, 0.05) is 38.5 Å². The maximum Gasteiger partial charge on any atom is 0.0485 e. The smallest absolute Gasteiger partial charge is 0.0485 e. The van der Waals surface area contributed by atoms with Crippen LogP contribution in [0.3, 0.4) is 0 Å². The lowest BCUT2D eigenvalue weighted by Crippen LogP contribution is -2.06. The molecule has 3 aromatic rings. The second kappa shape index (κ2) is 5.79. The molecule has 0 spiro atoms. The van der Waals surface area contributed by atoms with Gasteiger partial charge in [-0.1, -0.05) is 24.3 Å². The Morgan fingerprint density at radius 3 is 2.65 bits per heavy atom. The van der Waals surface area contributed by atoms with E-state index in [1.165, 1.54) is 14.5 Å². The highest BCUT2D eigenvalue weighted by atomic mass is 127. The van der Waals surface area contributed by atoms with Crippen LogP contribution in [0.2, 0.25) is 0 Å². The molecule has 20 heavy (non-hydrogen) atoms. The number of benzene rings is 2. The summed E-state index contributed by atoms with van der Waals surface area (Å²) in [6.45, 7) is 2.18. The fourth-order valence-electron chi connectivity index (χ4n) is 2.32. The molecule has 0 aliphatic heterocycles. The molecule has 2 nitrogen and oxygen atoms in total. The van der Waals surface area contributed by atoms with Gasteiger partial charge in [0.2, 0.25) is 0 Å². The van der Waals surface area contributed by atoms with E-state index in [-0.39, 0.29) is 6.04 Å². The van der Waals surface area contributed by atoms with Crippen molar-refractivity contribution in [2.24, 2.45) is 0 Å². The number of nitrogens with zero attached hydrogens (tertiary/aromatic N) is 1. The summed E-state index contributed by atoms with van der Waals surface area (Å²) in [4.78, 5) is 4.17. The van der Waals surface area contributed by atoms with Gasteiger partial charge in [0.25, 0.3) is 0 Å². The Balaban J connectivity index is 1.91. The molecule has 0 saturated heterocycles. The summed E-state index contributed by atoms with van der Waals surface area (Å²) in [5.74, 6) is 0. The second-order valence-corrected chi connectivity index (χ2v) is 6.07. The topological polar surface area (TPSA) is 24.9 Å². The van der Waals surface area contributed by atoms with E-state index in [2.05, 4.69) is 88.3 Å². The Morgan fingerprint density at radius 2 is 1.85 bits per heavy atom. The molecule has 1 heterocycles. The summed E-state index contributed by atoms with van der Waals surface area (Å²) >= 11 is 2.33. The number of hydrogen-bond donors (Lipinski definition) is 1. The highest BCUT2D eigenvalue weighted by Gasteiger charge is 2.07. The third kappa shape index (κ3) is 2.77. The third-order valence-electron chi connectivity index (χ3n) is 3.42. The zero-order chi connectivity index (χ0) is 13.9.